The molecule has 0 spiro atoms. The van der Waals surface area contributed by atoms with Crippen molar-refractivity contribution >= 4 is 49.3 Å². The van der Waals surface area contributed by atoms with Crippen molar-refractivity contribution in [3.8, 4) is 0 Å². The molecule has 5 heteroatoms. The number of nitrogens with zero attached hydrogens (tertiary/aromatic N) is 2. The first-order chi connectivity index (χ1) is 5.29. The zero-order valence-electron chi connectivity index (χ0n) is 5.21. The molecule has 1 aromatic heterocycles. The smallest absolute Gasteiger partial charge is 0.107 e. The number of aromatic nitrogens is 2. The van der Waals surface area contributed by atoms with Crippen LogP contribution in [0.4, 0.5) is 0 Å². The average Bonchev–Trinajstić information content (AvgIpc) is 2.45. The van der Waals surface area contributed by atoms with Crippen molar-refractivity contribution in [1.29, 1.82) is 0 Å². The van der Waals surface area contributed by atoms with E-state index in [1.807, 2.05) is 6.07 Å². The van der Waals surface area contributed by atoms with E-state index < -0.39 is 0 Å². The topological polar surface area (TPSA) is 25.8 Å². The predicted molar refractivity (Wildman–Crippen MR) is 50.1 cm³/mol. The highest BCUT2D eigenvalue weighted by Crippen LogP contribution is 2.31. The van der Waals surface area contributed by atoms with Gasteiger partial charge in [0.25, 0.3) is 0 Å². The molecule has 0 fully saturated rings. The average molecular weight is 250 g/mol. The van der Waals surface area contributed by atoms with Crippen molar-refractivity contribution in [1.82, 2.24) is 9.59 Å². The molecule has 2 rings (SSSR count). The molecule has 0 amide bonds. The molecule has 0 aliphatic rings. The maximum Gasteiger partial charge on any atom is 0.107 e. The quantitative estimate of drug-likeness (QED) is 0.717. The van der Waals surface area contributed by atoms with Crippen LogP contribution >= 0.6 is 39.1 Å². The second-order valence-electron chi connectivity index (χ2n) is 1.98. The molecule has 0 bridgehead atoms. The fourth-order valence-corrected chi connectivity index (χ4v) is 2.16. The SMILES string of the molecule is Clc1ccc2nnsc2c1Br. The summed E-state index contributed by atoms with van der Waals surface area (Å²) in [7, 11) is 0. The van der Waals surface area contributed by atoms with Gasteiger partial charge in [0.15, 0.2) is 0 Å². The Balaban J connectivity index is 2.93. The molecule has 2 nitrogen and oxygen atoms in total. The minimum atomic E-state index is 0.698. The Morgan fingerprint density at radius 1 is 1.45 bits per heavy atom. The Kier molecular flexibility index (Phi) is 1.83. The summed E-state index contributed by atoms with van der Waals surface area (Å²) in [5.74, 6) is 0. The van der Waals surface area contributed by atoms with Gasteiger partial charge in [0.1, 0.15) is 5.52 Å². The van der Waals surface area contributed by atoms with Gasteiger partial charge in [-0.3, -0.25) is 0 Å². The highest BCUT2D eigenvalue weighted by molar-refractivity contribution is 9.10. The minimum absolute atomic E-state index is 0.698. The second kappa shape index (κ2) is 2.69. The van der Waals surface area contributed by atoms with E-state index in [1.165, 1.54) is 11.5 Å². The molecule has 0 radical (unpaired) electrons. The molecule has 56 valence electrons. The van der Waals surface area contributed by atoms with Gasteiger partial charge in [-0.25, -0.2) is 0 Å². The first-order valence-electron chi connectivity index (χ1n) is 2.85. The second-order valence-corrected chi connectivity index (χ2v) is 3.94. The zero-order chi connectivity index (χ0) is 7.84. The van der Waals surface area contributed by atoms with E-state index in [-0.39, 0.29) is 0 Å². The fourth-order valence-electron chi connectivity index (χ4n) is 0.793. The number of rotatable bonds is 0. The van der Waals surface area contributed by atoms with Gasteiger partial charge in [0.05, 0.1) is 14.2 Å². The molecule has 0 N–H and O–H groups in total. The number of hydrogen-bond donors (Lipinski definition) is 0. The van der Waals surface area contributed by atoms with Gasteiger partial charge < -0.3 is 0 Å². The van der Waals surface area contributed by atoms with Gasteiger partial charge in [0, 0.05) is 0 Å². The Labute approximate surface area is 80.5 Å². The molecule has 0 unspecified atom stereocenters. The van der Waals surface area contributed by atoms with Crippen molar-refractivity contribution in [2.24, 2.45) is 0 Å². The van der Waals surface area contributed by atoms with Crippen LogP contribution in [0.3, 0.4) is 0 Å². The number of benzene rings is 1. The molecule has 0 atom stereocenters. The van der Waals surface area contributed by atoms with E-state index in [0.717, 1.165) is 14.7 Å². The molecule has 0 aliphatic heterocycles. The molecule has 0 aliphatic carbocycles. The van der Waals surface area contributed by atoms with Crippen LogP contribution in [0, 0.1) is 0 Å². The highest BCUT2D eigenvalue weighted by Gasteiger charge is 2.05. The van der Waals surface area contributed by atoms with Crippen LogP contribution in [0.25, 0.3) is 10.2 Å². The van der Waals surface area contributed by atoms with Crippen molar-refractivity contribution in [2.45, 2.75) is 0 Å². The molecular weight excluding hydrogens is 248 g/mol. The summed E-state index contributed by atoms with van der Waals surface area (Å²) in [5.41, 5.74) is 0.881. The first kappa shape index (κ1) is 7.46. The predicted octanol–water partition coefficient (Wildman–Crippen LogP) is 3.11. The lowest BCUT2D eigenvalue weighted by Crippen LogP contribution is -1.70. The van der Waals surface area contributed by atoms with Gasteiger partial charge in [-0.2, -0.15) is 0 Å². The van der Waals surface area contributed by atoms with E-state index in [0.29, 0.717) is 5.02 Å². The monoisotopic (exact) mass is 248 g/mol. The fraction of sp³-hybridized carbons (Fsp3) is 0. The lowest BCUT2D eigenvalue weighted by atomic mass is 10.3. The van der Waals surface area contributed by atoms with Crippen LogP contribution in [0.1, 0.15) is 0 Å². The lowest BCUT2D eigenvalue weighted by Gasteiger charge is -1.92. The number of hydrogen-bond acceptors (Lipinski definition) is 3. The van der Waals surface area contributed by atoms with Gasteiger partial charge in [0.2, 0.25) is 0 Å². The standard InChI is InChI=1S/C6H2BrClN2S/c7-5-3(8)1-2-4-6(5)11-10-9-4/h1-2H. The summed E-state index contributed by atoms with van der Waals surface area (Å²) in [6.07, 6.45) is 0. The normalized spacial score (nSPS) is 10.7. The Morgan fingerprint density at radius 3 is 3.09 bits per heavy atom. The van der Waals surface area contributed by atoms with Crippen LogP contribution in [0.15, 0.2) is 16.6 Å². The van der Waals surface area contributed by atoms with Crippen molar-refractivity contribution in [2.75, 3.05) is 0 Å². The van der Waals surface area contributed by atoms with E-state index in [9.17, 15) is 0 Å². The third-order valence-electron chi connectivity index (χ3n) is 1.31. The Hall–Kier alpha value is -0.190. The number of halogens is 2. The van der Waals surface area contributed by atoms with E-state index >= 15 is 0 Å². The van der Waals surface area contributed by atoms with Crippen LogP contribution < -0.4 is 0 Å². The summed E-state index contributed by atoms with van der Waals surface area (Å²) in [4.78, 5) is 0. The van der Waals surface area contributed by atoms with Crippen molar-refractivity contribution in [3.63, 3.8) is 0 Å². The maximum atomic E-state index is 5.85. The van der Waals surface area contributed by atoms with E-state index in [2.05, 4.69) is 25.5 Å². The number of fused-ring (bicyclic) bond motifs is 1. The lowest BCUT2D eigenvalue weighted by molar-refractivity contribution is 1.20. The molecule has 11 heavy (non-hydrogen) atoms. The zero-order valence-corrected chi connectivity index (χ0v) is 8.37. The third-order valence-corrected chi connectivity index (χ3v) is 3.70. The summed E-state index contributed by atoms with van der Waals surface area (Å²) < 4.78 is 5.69. The van der Waals surface area contributed by atoms with E-state index in [4.69, 9.17) is 11.6 Å². The molecule has 1 heterocycles. The summed E-state index contributed by atoms with van der Waals surface area (Å²) >= 11 is 10.5. The van der Waals surface area contributed by atoms with Gasteiger partial charge in [-0.05, 0) is 39.6 Å². The third kappa shape index (κ3) is 1.15. The van der Waals surface area contributed by atoms with Crippen LogP contribution in [-0.2, 0) is 0 Å². The van der Waals surface area contributed by atoms with Gasteiger partial charge >= 0.3 is 0 Å². The first-order valence-corrected chi connectivity index (χ1v) is 4.79. The summed E-state index contributed by atoms with van der Waals surface area (Å²) in [5, 5.41) is 4.60. The Morgan fingerprint density at radius 2 is 2.27 bits per heavy atom. The molecule has 2 aromatic rings. The largest absolute Gasteiger partial charge is 0.138 e. The molecule has 1 aromatic carbocycles. The van der Waals surface area contributed by atoms with Gasteiger partial charge in [-0.15, -0.1) is 5.10 Å². The molecular formula is C6H2BrClN2S. The van der Waals surface area contributed by atoms with E-state index in [1.54, 1.807) is 6.07 Å². The van der Waals surface area contributed by atoms with Crippen LogP contribution in [0.5, 0.6) is 0 Å². The highest BCUT2D eigenvalue weighted by atomic mass is 79.9. The summed E-state index contributed by atoms with van der Waals surface area (Å²) in [6.45, 7) is 0. The molecule has 0 saturated heterocycles. The molecule has 0 saturated carbocycles. The maximum absolute atomic E-state index is 5.85. The Bertz CT molecular complexity index is 400. The minimum Gasteiger partial charge on any atom is -0.138 e. The van der Waals surface area contributed by atoms with Crippen molar-refractivity contribution < 1.29 is 0 Å². The summed E-state index contributed by atoms with van der Waals surface area (Å²) in [6, 6.07) is 3.65. The van der Waals surface area contributed by atoms with Crippen molar-refractivity contribution in [3.05, 3.63) is 21.6 Å². The van der Waals surface area contributed by atoms with Crippen LogP contribution in [-0.4, -0.2) is 9.59 Å². The van der Waals surface area contributed by atoms with Crippen LogP contribution in [0.2, 0.25) is 5.02 Å². The van der Waals surface area contributed by atoms with Gasteiger partial charge in [-0.1, -0.05) is 16.1 Å².